The predicted octanol–water partition coefficient (Wildman–Crippen LogP) is 10.2. The molecule has 11 aromatic rings. The fourth-order valence-electron chi connectivity index (χ4n) is 9.56. The van der Waals surface area contributed by atoms with Gasteiger partial charge in [-0.05, 0) is 6.07 Å². The Morgan fingerprint density at radius 1 is 0.456 bits per heavy atom. The number of para-hydroxylation sites is 2. The van der Waals surface area contributed by atoms with Gasteiger partial charge < -0.3 is 0 Å². The SMILES string of the molecule is c1ccc(-c2nc(-c3cccc(-n4c5ccccc5c5ccc6oc7ccccc7c6c54)c3)nc3[c]2[Ge]([c]2ccccc2)([c]2ccccc2)[c]2ccccc2-3)cc1. The first-order valence-corrected chi connectivity index (χ1v) is 23.6. The van der Waals surface area contributed by atoms with Gasteiger partial charge in [0.15, 0.2) is 0 Å². The molecule has 0 saturated carbocycles. The van der Waals surface area contributed by atoms with Crippen LogP contribution >= 0.6 is 0 Å². The van der Waals surface area contributed by atoms with Crippen LogP contribution in [0.3, 0.4) is 0 Å². The first-order chi connectivity index (χ1) is 28.3. The zero-order valence-electron chi connectivity index (χ0n) is 30.8. The molecule has 0 radical (unpaired) electrons. The van der Waals surface area contributed by atoms with Crippen molar-refractivity contribution in [3.8, 4) is 39.6 Å². The van der Waals surface area contributed by atoms with Gasteiger partial charge in [-0.15, -0.1) is 0 Å². The van der Waals surface area contributed by atoms with Crippen LogP contribution in [0, 0.1) is 0 Å². The molecule has 0 aliphatic carbocycles. The summed E-state index contributed by atoms with van der Waals surface area (Å²) in [4.78, 5) is 11.3. The van der Waals surface area contributed by atoms with Crippen LogP contribution in [0.15, 0.2) is 205 Å². The molecule has 4 nitrogen and oxygen atoms in total. The first kappa shape index (κ1) is 32.2. The molecule has 8 aromatic carbocycles. The van der Waals surface area contributed by atoms with Gasteiger partial charge in [-0.3, -0.25) is 0 Å². The van der Waals surface area contributed by atoms with E-state index in [4.69, 9.17) is 14.4 Å². The van der Waals surface area contributed by atoms with Gasteiger partial charge in [0.2, 0.25) is 0 Å². The van der Waals surface area contributed by atoms with Gasteiger partial charge in [-0.1, -0.05) is 12.1 Å². The van der Waals surface area contributed by atoms with E-state index in [1.165, 1.54) is 33.9 Å². The Balaban J connectivity index is 1.16. The monoisotopic (exact) mass is 789 g/mol. The van der Waals surface area contributed by atoms with Gasteiger partial charge in [0.1, 0.15) is 0 Å². The van der Waals surface area contributed by atoms with E-state index >= 15 is 0 Å². The quantitative estimate of drug-likeness (QED) is 0.163. The molecule has 0 unspecified atom stereocenters. The Morgan fingerprint density at radius 2 is 1.09 bits per heavy atom. The standard InChI is InChI=1S/C52H33GeN3O/c1-4-17-34(18-5-1)49-48-50(41-26-10-13-28-43(41)53(48,36-20-6-2-7-21-36)37-22-8-3-9-23-37)55-52(54-49)35-19-16-24-38(33-35)56-44-29-14-11-25-39(44)40-31-32-46-47(51(40)56)42-27-12-15-30-45(42)57-46/h1-33H. The Hall–Kier alpha value is -7.02. The van der Waals surface area contributed by atoms with E-state index in [1.807, 2.05) is 6.07 Å². The third kappa shape index (κ3) is 4.62. The van der Waals surface area contributed by atoms with E-state index in [0.717, 1.165) is 61.2 Å². The average Bonchev–Trinajstić information content (AvgIpc) is 3.94. The fraction of sp³-hybridized carbons (Fsp3) is 0. The maximum absolute atomic E-state index is 6.42. The van der Waals surface area contributed by atoms with E-state index < -0.39 is 13.3 Å². The van der Waals surface area contributed by atoms with Crippen molar-refractivity contribution in [2.75, 3.05) is 0 Å². The van der Waals surface area contributed by atoms with Gasteiger partial charge in [0, 0.05) is 0 Å². The minimum atomic E-state index is -3.66. The van der Waals surface area contributed by atoms with Crippen molar-refractivity contribution in [2.24, 2.45) is 0 Å². The van der Waals surface area contributed by atoms with Crippen LogP contribution < -0.4 is 17.6 Å². The van der Waals surface area contributed by atoms with Gasteiger partial charge >= 0.3 is 315 Å². The van der Waals surface area contributed by atoms with Gasteiger partial charge in [-0.2, -0.15) is 0 Å². The molecule has 266 valence electrons. The van der Waals surface area contributed by atoms with Crippen molar-refractivity contribution in [3.05, 3.63) is 200 Å². The summed E-state index contributed by atoms with van der Waals surface area (Å²) in [5.41, 5.74) is 10.4. The van der Waals surface area contributed by atoms with Crippen LogP contribution in [0.25, 0.3) is 83.3 Å². The number of rotatable bonds is 5. The average molecular weight is 788 g/mol. The van der Waals surface area contributed by atoms with Gasteiger partial charge in [0.05, 0.1) is 0 Å². The van der Waals surface area contributed by atoms with Crippen LogP contribution in [-0.4, -0.2) is 27.8 Å². The molecule has 1 aliphatic rings. The van der Waals surface area contributed by atoms with Crippen molar-refractivity contribution in [1.29, 1.82) is 0 Å². The van der Waals surface area contributed by atoms with Crippen LogP contribution in [0.4, 0.5) is 0 Å². The fourth-order valence-corrected chi connectivity index (χ4v) is 20.6. The van der Waals surface area contributed by atoms with Crippen molar-refractivity contribution >= 4 is 74.6 Å². The summed E-state index contributed by atoms with van der Waals surface area (Å²) in [6.45, 7) is 0. The van der Waals surface area contributed by atoms with Crippen LogP contribution in [0.2, 0.25) is 0 Å². The van der Waals surface area contributed by atoms with E-state index in [9.17, 15) is 0 Å². The summed E-state index contributed by atoms with van der Waals surface area (Å²) in [5.74, 6) is 0.711. The molecule has 0 fully saturated rings. The molecule has 1 aliphatic heterocycles. The van der Waals surface area contributed by atoms with Crippen molar-refractivity contribution < 1.29 is 4.42 Å². The Labute approximate surface area is 331 Å². The summed E-state index contributed by atoms with van der Waals surface area (Å²) in [7, 11) is 0. The summed E-state index contributed by atoms with van der Waals surface area (Å²) >= 11 is -3.66. The zero-order valence-corrected chi connectivity index (χ0v) is 32.9. The van der Waals surface area contributed by atoms with E-state index in [0.29, 0.717) is 5.82 Å². The number of nitrogens with zero attached hydrogens (tertiary/aromatic N) is 3. The predicted molar refractivity (Wildman–Crippen MR) is 237 cm³/mol. The van der Waals surface area contributed by atoms with Crippen molar-refractivity contribution in [3.63, 3.8) is 0 Å². The normalized spacial score (nSPS) is 13.1. The first-order valence-electron chi connectivity index (χ1n) is 19.4. The van der Waals surface area contributed by atoms with Crippen molar-refractivity contribution in [2.45, 2.75) is 0 Å². The third-order valence-corrected chi connectivity index (χ3v) is 22.1. The number of benzene rings is 8. The van der Waals surface area contributed by atoms with Crippen LogP contribution in [0.1, 0.15) is 0 Å². The Bertz CT molecular complexity index is 3310. The molecule has 12 rings (SSSR count). The van der Waals surface area contributed by atoms with E-state index in [-0.39, 0.29) is 0 Å². The minimum absolute atomic E-state index is 0.711. The van der Waals surface area contributed by atoms with Crippen molar-refractivity contribution in [1.82, 2.24) is 14.5 Å². The third-order valence-electron chi connectivity index (χ3n) is 11.9. The summed E-state index contributed by atoms with van der Waals surface area (Å²) in [5, 5.41) is 4.62. The number of furan rings is 1. The molecule has 0 spiro atoms. The zero-order chi connectivity index (χ0) is 37.5. The second-order valence-electron chi connectivity index (χ2n) is 14.8. The Kier molecular flexibility index (Phi) is 7.07. The molecule has 4 heterocycles. The molecule has 0 amide bonds. The molecule has 5 heteroatoms. The molecule has 0 N–H and O–H groups in total. The number of hydrogen-bond donors (Lipinski definition) is 0. The topological polar surface area (TPSA) is 43.9 Å². The molecule has 0 saturated heterocycles. The Morgan fingerprint density at radius 3 is 1.88 bits per heavy atom. The molecular weight excluding hydrogens is 755 g/mol. The molecule has 0 bridgehead atoms. The second kappa shape index (κ2) is 12.5. The number of hydrogen-bond acceptors (Lipinski definition) is 3. The molecular formula is C52H33GeN3O. The van der Waals surface area contributed by atoms with Gasteiger partial charge in [0.25, 0.3) is 0 Å². The summed E-state index contributed by atoms with van der Waals surface area (Å²) in [6.07, 6.45) is 0. The van der Waals surface area contributed by atoms with E-state index in [1.54, 1.807) is 0 Å². The number of aromatic nitrogens is 3. The van der Waals surface area contributed by atoms with E-state index in [2.05, 4.69) is 199 Å². The van der Waals surface area contributed by atoms with Crippen LogP contribution in [-0.2, 0) is 0 Å². The van der Waals surface area contributed by atoms with Crippen LogP contribution in [0.5, 0.6) is 0 Å². The molecule has 57 heavy (non-hydrogen) atoms. The van der Waals surface area contributed by atoms with Gasteiger partial charge in [-0.25, -0.2) is 0 Å². The summed E-state index contributed by atoms with van der Waals surface area (Å²) < 4.78 is 14.2. The summed E-state index contributed by atoms with van der Waals surface area (Å²) in [6, 6.07) is 72.1. The second-order valence-corrected chi connectivity index (χ2v) is 22.6. The molecule has 0 atom stereocenters. The maximum atomic E-state index is 6.42. The number of fused-ring (bicyclic) bond motifs is 10. The molecule has 3 aromatic heterocycles.